The second-order valence-corrected chi connectivity index (χ2v) is 9.90. The highest BCUT2D eigenvalue weighted by molar-refractivity contribution is 5.76. The summed E-state index contributed by atoms with van der Waals surface area (Å²) < 4.78 is 0. The number of unbranched alkanes of at least 4 members (excludes halogenated alkanes) is 18. The summed E-state index contributed by atoms with van der Waals surface area (Å²) in [6.45, 7) is 4.30. The SMILES string of the molecule is CCCCCCC=CCCCCCCCCCCCCCCCCC(=O)N1CCCC1. The van der Waals surface area contributed by atoms with E-state index in [1.807, 2.05) is 0 Å². The van der Waals surface area contributed by atoms with Crippen molar-refractivity contribution in [3.8, 4) is 0 Å². The Morgan fingerprint density at radius 3 is 1.42 bits per heavy atom. The van der Waals surface area contributed by atoms with Crippen LogP contribution in [0.25, 0.3) is 0 Å². The van der Waals surface area contributed by atoms with E-state index in [0.29, 0.717) is 5.91 Å². The molecule has 0 aromatic heterocycles. The van der Waals surface area contributed by atoms with Gasteiger partial charge in [-0.15, -0.1) is 0 Å². The third kappa shape index (κ3) is 18.5. The Hall–Kier alpha value is -0.790. The number of hydrogen-bond acceptors (Lipinski definition) is 1. The normalized spacial score (nSPS) is 14.2. The number of allylic oxidation sites excluding steroid dienone is 2. The van der Waals surface area contributed by atoms with E-state index in [9.17, 15) is 4.79 Å². The summed E-state index contributed by atoms with van der Waals surface area (Å²) >= 11 is 0. The molecule has 0 unspecified atom stereocenters. The molecular weight excluding hydrogens is 378 g/mol. The summed E-state index contributed by atoms with van der Waals surface area (Å²) in [4.78, 5) is 14.0. The van der Waals surface area contributed by atoms with Crippen LogP contribution in [0.3, 0.4) is 0 Å². The Morgan fingerprint density at radius 2 is 0.968 bits per heavy atom. The van der Waals surface area contributed by atoms with Crippen molar-refractivity contribution < 1.29 is 4.79 Å². The number of rotatable bonds is 22. The molecule has 0 atom stereocenters. The first kappa shape index (κ1) is 28.2. The van der Waals surface area contributed by atoms with E-state index in [-0.39, 0.29) is 0 Å². The zero-order chi connectivity index (χ0) is 22.2. The molecule has 1 aliphatic heterocycles. The van der Waals surface area contributed by atoms with E-state index in [4.69, 9.17) is 0 Å². The van der Waals surface area contributed by atoms with Gasteiger partial charge in [0.05, 0.1) is 0 Å². The first-order valence-corrected chi connectivity index (χ1v) is 14.3. The largest absolute Gasteiger partial charge is 0.343 e. The first-order chi connectivity index (χ1) is 15.3. The van der Waals surface area contributed by atoms with Crippen LogP contribution in [0.2, 0.25) is 0 Å². The van der Waals surface area contributed by atoms with Crippen LogP contribution in [0.5, 0.6) is 0 Å². The molecule has 1 amide bonds. The minimum Gasteiger partial charge on any atom is -0.343 e. The van der Waals surface area contributed by atoms with Gasteiger partial charge < -0.3 is 4.90 Å². The number of hydrogen-bond donors (Lipinski definition) is 0. The van der Waals surface area contributed by atoms with Crippen molar-refractivity contribution in [2.24, 2.45) is 0 Å². The predicted octanol–water partition coefficient (Wildman–Crippen LogP) is 9.38. The first-order valence-electron chi connectivity index (χ1n) is 14.3. The van der Waals surface area contributed by atoms with Crippen molar-refractivity contribution in [3.05, 3.63) is 12.2 Å². The van der Waals surface area contributed by atoms with Crippen LogP contribution in [0.1, 0.15) is 155 Å². The second-order valence-electron chi connectivity index (χ2n) is 9.90. The van der Waals surface area contributed by atoms with E-state index in [1.54, 1.807) is 0 Å². The summed E-state index contributed by atoms with van der Waals surface area (Å²) in [6, 6.07) is 0. The van der Waals surface area contributed by atoms with Crippen molar-refractivity contribution in [2.75, 3.05) is 13.1 Å². The number of amides is 1. The lowest BCUT2D eigenvalue weighted by molar-refractivity contribution is -0.130. The van der Waals surface area contributed by atoms with Crippen molar-refractivity contribution in [1.29, 1.82) is 0 Å². The molecule has 1 heterocycles. The molecule has 2 nitrogen and oxygen atoms in total. The molecule has 0 spiro atoms. The Morgan fingerprint density at radius 1 is 0.581 bits per heavy atom. The molecule has 0 radical (unpaired) electrons. The summed E-state index contributed by atoms with van der Waals surface area (Å²) in [5.74, 6) is 0.405. The molecule has 31 heavy (non-hydrogen) atoms. The van der Waals surface area contributed by atoms with Gasteiger partial charge in [-0.3, -0.25) is 4.79 Å². The second kappa shape index (κ2) is 22.4. The fraction of sp³-hybridized carbons (Fsp3) is 0.897. The van der Waals surface area contributed by atoms with Gasteiger partial charge >= 0.3 is 0 Å². The molecule has 0 saturated carbocycles. The molecule has 0 bridgehead atoms. The monoisotopic (exact) mass is 433 g/mol. The van der Waals surface area contributed by atoms with Gasteiger partial charge in [-0.25, -0.2) is 0 Å². The number of carbonyl (C=O) groups is 1. The van der Waals surface area contributed by atoms with E-state index in [0.717, 1.165) is 25.9 Å². The van der Waals surface area contributed by atoms with Crippen LogP contribution in [0.15, 0.2) is 12.2 Å². The molecule has 0 aromatic rings. The predicted molar refractivity (Wildman–Crippen MR) is 138 cm³/mol. The Kier molecular flexibility index (Phi) is 20.4. The fourth-order valence-corrected chi connectivity index (χ4v) is 4.71. The zero-order valence-corrected chi connectivity index (χ0v) is 21.2. The minimum absolute atomic E-state index is 0.405. The van der Waals surface area contributed by atoms with Gasteiger partial charge in [-0.2, -0.15) is 0 Å². The lowest BCUT2D eigenvalue weighted by Crippen LogP contribution is -2.27. The van der Waals surface area contributed by atoms with Gasteiger partial charge in [-0.05, 0) is 44.9 Å². The lowest BCUT2D eigenvalue weighted by atomic mass is 10.0. The Balaban J connectivity index is 1.68. The average Bonchev–Trinajstić information content (AvgIpc) is 3.32. The summed E-state index contributed by atoms with van der Waals surface area (Å²) in [5.41, 5.74) is 0. The van der Waals surface area contributed by atoms with E-state index < -0.39 is 0 Å². The van der Waals surface area contributed by atoms with Crippen molar-refractivity contribution in [1.82, 2.24) is 4.90 Å². The van der Waals surface area contributed by atoms with Crippen molar-refractivity contribution >= 4 is 5.91 Å². The van der Waals surface area contributed by atoms with Gasteiger partial charge in [0.2, 0.25) is 5.91 Å². The maximum absolute atomic E-state index is 12.0. The number of likely N-dealkylation sites (tertiary alicyclic amines) is 1. The van der Waals surface area contributed by atoms with Gasteiger partial charge in [0.1, 0.15) is 0 Å². The van der Waals surface area contributed by atoms with E-state index >= 15 is 0 Å². The van der Waals surface area contributed by atoms with Crippen LogP contribution in [0, 0.1) is 0 Å². The Bertz CT molecular complexity index is 411. The molecule has 2 heteroatoms. The summed E-state index contributed by atoms with van der Waals surface area (Å²) in [6.07, 6.45) is 35.4. The van der Waals surface area contributed by atoms with Gasteiger partial charge in [-0.1, -0.05) is 115 Å². The highest BCUT2D eigenvalue weighted by atomic mass is 16.2. The molecule has 0 N–H and O–H groups in total. The highest BCUT2D eigenvalue weighted by Gasteiger charge is 2.16. The van der Waals surface area contributed by atoms with Gasteiger partial charge in [0.25, 0.3) is 0 Å². The smallest absolute Gasteiger partial charge is 0.222 e. The number of carbonyl (C=O) groups excluding carboxylic acids is 1. The quantitative estimate of drug-likeness (QED) is 0.123. The third-order valence-corrected chi connectivity index (χ3v) is 6.86. The van der Waals surface area contributed by atoms with Crippen molar-refractivity contribution in [3.63, 3.8) is 0 Å². The molecule has 0 aromatic carbocycles. The highest BCUT2D eigenvalue weighted by Crippen LogP contribution is 2.15. The molecular formula is C29H55NO. The van der Waals surface area contributed by atoms with Gasteiger partial charge in [0, 0.05) is 19.5 Å². The lowest BCUT2D eigenvalue weighted by Gasteiger charge is -2.14. The van der Waals surface area contributed by atoms with Crippen LogP contribution in [-0.2, 0) is 4.79 Å². The minimum atomic E-state index is 0.405. The maximum atomic E-state index is 12.0. The standard InChI is InChI=1S/C29H55NO/c1-2-3-4-5-6-7-8-9-10-11-12-13-14-15-16-17-18-19-20-21-22-23-26-29(31)30-27-24-25-28-30/h7-8H,2-6,9-28H2,1H3. The molecule has 0 aliphatic carbocycles. The van der Waals surface area contributed by atoms with Crippen LogP contribution in [-0.4, -0.2) is 23.9 Å². The van der Waals surface area contributed by atoms with Gasteiger partial charge in [0.15, 0.2) is 0 Å². The average molecular weight is 434 g/mol. The number of nitrogens with zero attached hydrogens (tertiary/aromatic N) is 1. The van der Waals surface area contributed by atoms with E-state index in [2.05, 4.69) is 24.0 Å². The summed E-state index contributed by atoms with van der Waals surface area (Å²) in [5, 5.41) is 0. The molecule has 1 aliphatic rings. The summed E-state index contributed by atoms with van der Waals surface area (Å²) in [7, 11) is 0. The third-order valence-electron chi connectivity index (χ3n) is 6.86. The van der Waals surface area contributed by atoms with E-state index in [1.165, 1.54) is 135 Å². The topological polar surface area (TPSA) is 20.3 Å². The Labute approximate surface area is 195 Å². The molecule has 1 saturated heterocycles. The maximum Gasteiger partial charge on any atom is 0.222 e. The van der Waals surface area contributed by atoms with Crippen LogP contribution >= 0.6 is 0 Å². The van der Waals surface area contributed by atoms with Crippen molar-refractivity contribution in [2.45, 2.75) is 155 Å². The molecule has 182 valence electrons. The van der Waals surface area contributed by atoms with Crippen LogP contribution in [0.4, 0.5) is 0 Å². The molecule has 1 rings (SSSR count). The zero-order valence-electron chi connectivity index (χ0n) is 21.2. The van der Waals surface area contributed by atoms with Crippen LogP contribution < -0.4 is 0 Å². The molecule has 1 fully saturated rings. The fourth-order valence-electron chi connectivity index (χ4n) is 4.71.